The lowest BCUT2D eigenvalue weighted by molar-refractivity contribution is 0.0919. The van der Waals surface area contributed by atoms with E-state index in [4.69, 9.17) is 4.74 Å². The van der Waals surface area contributed by atoms with Gasteiger partial charge in [-0.2, -0.15) is 0 Å². The molecular weight excluding hydrogens is 272 g/mol. The molecule has 1 aromatic heterocycles. The molecule has 0 radical (unpaired) electrons. The van der Waals surface area contributed by atoms with Gasteiger partial charge < -0.3 is 10.1 Å². The zero-order chi connectivity index (χ0) is 14.6. The summed E-state index contributed by atoms with van der Waals surface area (Å²) in [4.78, 5) is 16.2. The molecular formula is C15H18N2O2S. The molecule has 0 aliphatic carbocycles. The molecule has 0 fully saturated rings. The van der Waals surface area contributed by atoms with Crippen molar-refractivity contribution in [3.05, 3.63) is 46.4 Å². The molecule has 0 bridgehead atoms. The van der Waals surface area contributed by atoms with Crippen molar-refractivity contribution in [2.75, 3.05) is 0 Å². The van der Waals surface area contributed by atoms with E-state index in [1.54, 1.807) is 17.6 Å². The van der Waals surface area contributed by atoms with E-state index in [0.717, 1.165) is 5.69 Å². The highest BCUT2D eigenvalue weighted by atomic mass is 32.1. The van der Waals surface area contributed by atoms with E-state index in [9.17, 15) is 4.79 Å². The van der Waals surface area contributed by atoms with Crippen molar-refractivity contribution in [2.24, 2.45) is 0 Å². The van der Waals surface area contributed by atoms with E-state index in [0.29, 0.717) is 17.9 Å². The Morgan fingerprint density at radius 1 is 1.40 bits per heavy atom. The third kappa shape index (κ3) is 4.35. The highest BCUT2D eigenvalue weighted by Crippen LogP contribution is 2.16. The van der Waals surface area contributed by atoms with E-state index in [1.807, 2.05) is 38.3 Å². The lowest BCUT2D eigenvalue weighted by atomic mass is 10.1. The van der Waals surface area contributed by atoms with E-state index in [-0.39, 0.29) is 11.4 Å². The van der Waals surface area contributed by atoms with Crippen LogP contribution in [0.25, 0.3) is 0 Å². The predicted molar refractivity (Wildman–Crippen MR) is 80.1 cm³/mol. The molecule has 1 aromatic carbocycles. The van der Waals surface area contributed by atoms with Crippen LogP contribution < -0.4 is 10.1 Å². The molecule has 1 heterocycles. The highest BCUT2D eigenvalue weighted by molar-refractivity contribution is 7.07. The van der Waals surface area contributed by atoms with E-state index < -0.39 is 0 Å². The third-order valence-corrected chi connectivity index (χ3v) is 3.09. The molecule has 4 nitrogen and oxygen atoms in total. The Balaban J connectivity index is 2.02. The van der Waals surface area contributed by atoms with E-state index >= 15 is 0 Å². The Hall–Kier alpha value is -1.88. The lowest BCUT2D eigenvalue weighted by Crippen LogP contribution is -2.40. The number of nitrogens with zero attached hydrogens (tertiary/aromatic N) is 1. The molecule has 0 spiro atoms. The molecule has 2 rings (SSSR count). The summed E-state index contributed by atoms with van der Waals surface area (Å²) in [5, 5.41) is 4.87. The number of ether oxygens (including phenoxy) is 1. The van der Waals surface area contributed by atoms with Crippen LogP contribution >= 0.6 is 11.3 Å². The second-order valence-corrected chi connectivity index (χ2v) is 6.22. The Bertz CT molecular complexity index is 574. The van der Waals surface area contributed by atoms with Gasteiger partial charge in [-0.1, -0.05) is 6.07 Å². The topological polar surface area (TPSA) is 51.2 Å². The minimum absolute atomic E-state index is 0.100. The average Bonchev–Trinajstić information content (AvgIpc) is 2.88. The number of carbonyl (C=O) groups is 1. The number of thiazole rings is 1. The molecule has 0 saturated carbocycles. The predicted octanol–water partition coefficient (Wildman–Crippen LogP) is 3.25. The van der Waals surface area contributed by atoms with Gasteiger partial charge in [0.2, 0.25) is 0 Å². The zero-order valence-corrected chi connectivity index (χ0v) is 12.7. The van der Waals surface area contributed by atoms with Crippen LogP contribution in [-0.4, -0.2) is 16.4 Å². The number of rotatable bonds is 4. The van der Waals surface area contributed by atoms with Crippen LogP contribution in [0, 0.1) is 0 Å². The minimum Gasteiger partial charge on any atom is -0.487 e. The van der Waals surface area contributed by atoms with Gasteiger partial charge in [-0.3, -0.25) is 4.79 Å². The molecule has 106 valence electrons. The van der Waals surface area contributed by atoms with Gasteiger partial charge in [0.15, 0.2) is 0 Å². The molecule has 0 unspecified atom stereocenters. The number of hydrogen-bond donors (Lipinski definition) is 1. The van der Waals surface area contributed by atoms with E-state index in [1.165, 1.54) is 11.3 Å². The van der Waals surface area contributed by atoms with Crippen molar-refractivity contribution in [3.63, 3.8) is 0 Å². The average molecular weight is 290 g/mol. The van der Waals surface area contributed by atoms with Crippen LogP contribution in [0.2, 0.25) is 0 Å². The SMILES string of the molecule is CC(C)(C)NC(=O)c1cccc(OCc2cscn2)c1. The quantitative estimate of drug-likeness (QED) is 0.940. The minimum atomic E-state index is -0.255. The second-order valence-electron chi connectivity index (χ2n) is 5.50. The van der Waals surface area contributed by atoms with Gasteiger partial charge in [0.05, 0.1) is 11.2 Å². The van der Waals surface area contributed by atoms with Gasteiger partial charge in [-0.25, -0.2) is 4.98 Å². The smallest absolute Gasteiger partial charge is 0.251 e. The lowest BCUT2D eigenvalue weighted by Gasteiger charge is -2.20. The molecule has 5 heteroatoms. The van der Waals surface area contributed by atoms with E-state index in [2.05, 4.69) is 10.3 Å². The molecule has 1 amide bonds. The first-order valence-electron chi connectivity index (χ1n) is 6.36. The first-order valence-corrected chi connectivity index (χ1v) is 7.31. The van der Waals surface area contributed by atoms with Crippen molar-refractivity contribution in [1.82, 2.24) is 10.3 Å². The van der Waals surface area contributed by atoms with Crippen LogP contribution in [0.5, 0.6) is 5.75 Å². The number of aromatic nitrogens is 1. The van der Waals surface area contributed by atoms with Gasteiger partial charge in [0.25, 0.3) is 5.91 Å². The maximum absolute atomic E-state index is 12.1. The molecule has 2 aromatic rings. The molecule has 0 saturated heterocycles. The summed E-state index contributed by atoms with van der Waals surface area (Å²) in [6, 6.07) is 7.17. The summed E-state index contributed by atoms with van der Waals surface area (Å²) in [5.74, 6) is 0.566. The fraction of sp³-hybridized carbons (Fsp3) is 0.333. The molecule has 1 N–H and O–H groups in total. The summed E-state index contributed by atoms with van der Waals surface area (Å²) >= 11 is 1.53. The highest BCUT2D eigenvalue weighted by Gasteiger charge is 2.15. The number of amides is 1. The van der Waals surface area contributed by atoms with Gasteiger partial charge >= 0.3 is 0 Å². The van der Waals surface area contributed by atoms with Crippen LogP contribution in [0.4, 0.5) is 0 Å². The van der Waals surface area contributed by atoms with Crippen LogP contribution in [0.15, 0.2) is 35.2 Å². The van der Waals surface area contributed by atoms with Crippen molar-refractivity contribution < 1.29 is 9.53 Å². The van der Waals surface area contributed by atoms with Crippen molar-refractivity contribution in [3.8, 4) is 5.75 Å². The molecule has 20 heavy (non-hydrogen) atoms. The van der Waals surface area contributed by atoms with Crippen molar-refractivity contribution in [2.45, 2.75) is 32.9 Å². The second kappa shape index (κ2) is 6.05. The molecule has 0 aliphatic heterocycles. The first-order chi connectivity index (χ1) is 9.44. The standard InChI is InChI=1S/C15H18N2O2S/c1-15(2,3)17-14(18)11-5-4-6-13(7-11)19-8-12-9-20-10-16-12/h4-7,9-10H,8H2,1-3H3,(H,17,18). The van der Waals surface area contributed by atoms with Gasteiger partial charge in [0.1, 0.15) is 12.4 Å². The normalized spacial score (nSPS) is 11.2. The number of nitrogens with one attached hydrogen (secondary N) is 1. The van der Waals surface area contributed by atoms with Crippen molar-refractivity contribution in [1.29, 1.82) is 0 Å². The van der Waals surface area contributed by atoms with Gasteiger partial charge in [0, 0.05) is 16.5 Å². The molecule has 0 aliphatic rings. The monoisotopic (exact) mass is 290 g/mol. The number of carbonyl (C=O) groups excluding carboxylic acids is 1. The summed E-state index contributed by atoms with van der Waals surface area (Å²) in [7, 11) is 0. The van der Waals surface area contributed by atoms with Crippen molar-refractivity contribution >= 4 is 17.2 Å². The Morgan fingerprint density at radius 3 is 2.85 bits per heavy atom. The largest absolute Gasteiger partial charge is 0.487 e. The molecule has 0 atom stereocenters. The Kier molecular flexibility index (Phi) is 4.39. The van der Waals surface area contributed by atoms with Gasteiger partial charge in [-0.15, -0.1) is 11.3 Å². The number of benzene rings is 1. The summed E-state index contributed by atoms with van der Waals surface area (Å²) < 4.78 is 5.64. The maximum Gasteiger partial charge on any atom is 0.251 e. The summed E-state index contributed by atoms with van der Waals surface area (Å²) in [5.41, 5.74) is 3.00. The van der Waals surface area contributed by atoms with Gasteiger partial charge in [-0.05, 0) is 39.0 Å². The van der Waals surface area contributed by atoms with Crippen LogP contribution in [0.3, 0.4) is 0 Å². The Morgan fingerprint density at radius 2 is 2.20 bits per heavy atom. The van der Waals surface area contributed by atoms with Crippen LogP contribution in [-0.2, 0) is 6.61 Å². The summed E-state index contributed by atoms with van der Waals surface area (Å²) in [6.45, 7) is 6.27. The fourth-order valence-electron chi connectivity index (χ4n) is 1.61. The maximum atomic E-state index is 12.1. The third-order valence-electron chi connectivity index (χ3n) is 2.45. The number of hydrogen-bond acceptors (Lipinski definition) is 4. The first kappa shape index (κ1) is 14.5. The fourth-order valence-corrected chi connectivity index (χ4v) is 2.15. The van der Waals surface area contributed by atoms with Crippen LogP contribution in [0.1, 0.15) is 36.8 Å². The summed E-state index contributed by atoms with van der Waals surface area (Å²) in [6.07, 6.45) is 0. The Labute approximate surface area is 122 Å². The zero-order valence-electron chi connectivity index (χ0n) is 11.8.